The van der Waals surface area contributed by atoms with Gasteiger partial charge in [-0.3, -0.25) is 0 Å². The molecule has 3 nitrogen and oxygen atoms in total. The van der Waals surface area contributed by atoms with Crippen molar-refractivity contribution in [3.05, 3.63) is 59.2 Å². The maximum Gasteiger partial charge on any atom is 0.119 e. The van der Waals surface area contributed by atoms with Gasteiger partial charge in [-0.05, 0) is 60.3 Å². The first-order chi connectivity index (χ1) is 10.3. The first-order valence-electron chi connectivity index (χ1n) is 7.33. The summed E-state index contributed by atoms with van der Waals surface area (Å²) in [5, 5.41) is 3.62. The number of nitrogens with one attached hydrogen (secondary N) is 1. The molecule has 3 rings (SSSR count). The molecule has 1 aliphatic heterocycles. The first kappa shape index (κ1) is 14.0. The molecule has 110 valence electrons. The fourth-order valence-electron chi connectivity index (χ4n) is 2.96. The molecular weight excluding hydrogens is 262 g/mol. The van der Waals surface area contributed by atoms with Crippen molar-refractivity contribution in [2.75, 3.05) is 20.8 Å². The lowest BCUT2D eigenvalue weighted by atomic mass is 9.90. The molecule has 21 heavy (non-hydrogen) atoms. The minimum atomic E-state index is 0.330. The molecule has 0 saturated carbocycles. The third-order valence-corrected chi connectivity index (χ3v) is 4.09. The molecule has 1 N–H and O–H groups in total. The maximum absolute atomic E-state index is 5.37. The minimum absolute atomic E-state index is 0.330. The fraction of sp³-hybridized carbons (Fsp3) is 0.333. The average molecular weight is 283 g/mol. The van der Waals surface area contributed by atoms with Crippen LogP contribution in [0.5, 0.6) is 11.5 Å². The molecule has 0 radical (unpaired) electrons. The van der Waals surface area contributed by atoms with Gasteiger partial charge >= 0.3 is 0 Å². The van der Waals surface area contributed by atoms with E-state index in [4.69, 9.17) is 9.47 Å². The van der Waals surface area contributed by atoms with Gasteiger partial charge in [-0.25, -0.2) is 0 Å². The van der Waals surface area contributed by atoms with Crippen LogP contribution in [0.25, 0.3) is 0 Å². The molecule has 0 aliphatic carbocycles. The van der Waals surface area contributed by atoms with E-state index in [1.54, 1.807) is 14.2 Å². The van der Waals surface area contributed by atoms with Crippen LogP contribution in [-0.4, -0.2) is 20.8 Å². The zero-order valence-electron chi connectivity index (χ0n) is 12.6. The summed E-state index contributed by atoms with van der Waals surface area (Å²) >= 11 is 0. The first-order valence-corrected chi connectivity index (χ1v) is 7.33. The van der Waals surface area contributed by atoms with E-state index < -0.39 is 0 Å². The number of ether oxygens (including phenoxy) is 2. The maximum atomic E-state index is 5.37. The highest BCUT2D eigenvalue weighted by molar-refractivity contribution is 5.40. The Morgan fingerprint density at radius 1 is 1.05 bits per heavy atom. The van der Waals surface area contributed by atoms with Crippen LogP contribution < -0.4 is 14.8 Å². The third kappa shape index (κ3) is 3.03. The summed E-state index contributed by atoms with van der Waals surface area (Å²) in [5.41, 5.74) is 4.05. The normalized spacial score (nSPS) is 17.1. The van der Waals surface area contributed by atoms with Crippen LogP contribution >= 0.6 is 0 Å². The summed E-state index contributed by atoms with van der Waals surface area (Å²) in [6.45, 7) is 1.02. The van der Waals surface area contributed by atoms with E-state index in [2.05, 4.69) is 29.6 Å². The quantitative estimate of drug-likeness (QED) is 0.935. The van der Waals surface area contributed by atoms with Crippen molar-refractivity contribution in [2.45, 2.75) is 18.9 Å². The summed E-state index contributed by atoms with van der Waals surface area (Å²) in [7, 11) is 3.42. The van der Waals surface area contributed by atoms with Crippen molar-refractivity contribution in [1.82, 2.24) is 5.32 Å². The number of rotatable bonds is 4. The molecule has 1 atom stereocenters. The highest BCUT2D eigenvalue weighted by atomic mass is 16.5. The van der Waals surface area contributed by atoms with Gasteiger partial charge in [0.25, 0.3) is 0 Å². The number of fused-ring (bicyclic) bond motifs is 1. The second-order valence-corrected chi connectivity index (χ2v) is 5.38. The van der Waals surface area contributed by atoms with Gasteiger partial charge in [-0.2, -0.15) is 0 Å². The van der Waals surface area contributed by atoms with Crippen molar-refractivity contribution < 1.29 is 9.47 Å². The summed E-state index contributed by atoms with van der Waals surface area (Å²) < 4.78 is 10.7. The smallest absolute Gasteiger partial charge is 0.119 e. The van der Waals surface area contributed by atoms with Gasteiger partial charge in [0, 0.05) is 6.04 Å². The Morgan fingerprint density at radius 3 is 2.67 bits per heavy atom. The monoisotopic (exact) mass is 283 g/mol. The molecule has 0 bridgehead atoms. The molecule has 0 amide bonds. The highest BCUT2D eigenvalue weighted by Gasteiger charge is 2.20. The Labute approximate surface area is 125 Å². The van der Waals surface area contributed by atoms with Crippen LogP contribution in [0.3, 0.4) is 0 Å². The van der Waals surface area contributed by atoms with Crippen molar-refractivity contribution in [2.24, 2.45) is 0 Å². The molecule has 2 aromatic rings. The largest absolute Gasteiger partial charge is 0.497 e. The summed E-state index contributed by atoms with van der Waals surface area (Å²) in [6, 6.07) is 15.0. The van der Waals surface area contributed by atoms with E-state index >= 15 is 0 Å². The SMILES string of the molecule is COc1cccc(CC2NCCc3ccc(OC)cc32)c1. The zero-order chi connectivity index (χ0) is 14.7. The molecule has 1 heterocycles. The molecule has 1 aliphatic rings. The van der Waals surface area contributed by atoms with Crippen LogP contribution in [0.15, 0.2) is 42.5 Å². The van der Waals surface area contributed by atoms with E-state index in [0.717, 1.165) is 30.9 Å². The Morgan fingerprint density at radius 2 is 1.86 bits per heavy atom. The number of hydrogen-bond donors (Lipinski definition) is 1. The van der Waals surface area contributed by atoms with Gasteiger partial charge in [-0.15, -0.1) is 0 Å². The van der Waals surface area contributed by atoms with Crippen LogP contribution in [0.2, 0.25) is 0 Å². The second kappa shape index (κ2) is 6.19. The predicted octanol–water partition coefficient (Wildman–Crippen LogP) is 3.13. The second-order valence-electron chi connectivity index (χ2n) is 5.38. The van der Waals surface area contributed by atoms with Gasteiger partial charge in [-0.1, -0.05) is 18.2 Å². The molecule has 0 spiro atoms. The molecule has 2 aromatic carbocycles. The van der Waals surface area contributed by atoms with E-state index in [1.165, 1.54) is 16.7 Å². The number of methoxy groups -OCH3 is 2. The van der Waals surface area contributed by atoms with Crippen molar-refractivity contribution >= 4 is 0 Å². The molecule has 0 fully saturated rings. The van der Waals surface area contributed by atoms with Gasteiger partial charge in [0.15, 0.2) is 0 Å². The van der Waals surface area contributed by atoms with E-state index in [9.17, 15) is 0 Å². The van der Waals surface area contributed by atoms with Crippen molar-refractivity contribution in [3.63, 3.8) is 0 Å². The lowest BCUT2D eigenvalue weighted by Crippen LogP contribution is -2.31. The Kier molecular flexibility index (Phi) is 4.11. The average Bonchev–Trinajstić information content (AvgIpc) is 2.55. The van der Waals surface area contributed by atoms with Crippen LogP contribution in [0.1, 0.15) is 22.7 Å². The lowest BCUT2D eigenvalue weighted by Gasteiger charge is -2.27. The molecule has 1 unspecified atom stereocenters. The molecule has 0 aromatic heterocycles. The lowest BCUT2D eigenvalue weighted by molar-refractivity contribution is 0.410. The standard InChI is InChI=1S/C18H21NO2/c1-20-15-5-3-4-13(10-15)11-18-17-12-16(21-2)7-6-14(17)8-9-19-18/h3-7,10,12,18-19H,8-9,11H2,1-2H3. The van der Waals surface area contributed by atoms with Crippen molar-refractivity contribution in [1.29, 1.82) is 0 Å². The van der Waals surface area contributed by atoms with Gasteiger partial charge in [0.05, 0.1) is 14.2 Å². The predicted molar refractivity (Wildman–Crippen MR) is 84.1 cm³/mol. The highest BCUT2D eigenvalue weighted by Crippen LogP contribution is 2.30. The zero-order valence-corrected chi connectivity index (χ0v) is 12.6. The van der Waals surface area contributed by atoms with Gasteiger partial charge < -0.3 is 14.8 Å². The summed E-state index contributed by atoms with van der Waals surface area (Å²) in [6.07, 6.45) is 2.03. The summed E-state index contributed by atoms with van der Waals surface area (Å²) in [4.78, 5) is 0. The van der Waals surface area contributed by atoms with Gasteiger partial charge in [0.1, 0.15) is 11.5 Å². The van der Waals surface area contributed by atoms with E-state index in [-0.39, 0.29) is 0 Å². The van der Waals surface area contributed by atoms with E-state index in [1.807, 2.05) is 18.2 Å². The number of hydrogen-bond acceptors (Lipinski definition) is 3. The molecule has 0 saturated heterocycles. The summed E-state index contributed by atoms with van der Waals surface area (Å²) in [5.74, 6) is 1.84. The topological polar surface area (TPSA) is 30.5 Å². The van der Waals surface area contributed by atoms with Crippen LogP contribution in [-0.2, 0) is 12.8 Å². The Balaban J connectivity index is 1.87. The van der Waals surface area contributed by atoms with E-state index in [0.29, 0.717) is 6.04 Å². The van der Waals surface area contributed by atoms with Gasteiger partial charge in [0.2, 0.25) is 0 Å². The number of benzene rings is 2. The van der Waals surface area contributed by atoms with Crippen molar-refractivity contribution in [3.8, 4) is 11.5 Å². The fourth-order valence-corrected chi connectivity index (χ4v) is 2.96. The van der Waals surface area contributed by atoms with Crippen LogP contribution in [0.4, 0.5) is 0 Å². The minimum Gasteiger partial charge on any atom is -0.497 e. The van der Waals surface area contributed by atoms with Crippen LogP contribution in [0, 0.1) is 0 Å². The molecular formula is C18H21NO2. The molecule has 3 heteroatoms. The third-order valence-electron chi connectivity index (χ3n) is 4.09. The Bertz CT molecular complexity index is 624. The Hall–Kier alpha value is -2.00.